The van der Waals surface area contributed by atoms with Crippen molar-refractivity contribution >= 4 is 11.6 Å². The van der Waals surface area contributed by atoms with Crippen LogP contribution in [-0.4, -0.2) is 12.7 Å². The van der Waals surface area contributed by atoms with Crippen molar-refractivity contribution in [3.63, 3.8) is 0 Å². The molecular formula is C9H10ClFO2. The minimum absolute atomic E-state index is 0.340. The van der Waals surface area contributed by atoms with E-state index in [1.165, 1.54) is 25.3 Å². The smallest absolute Gasteiger partial charge is 0.169 e. The van der Waals surface area contributed by atoms with Crippen molar-refractivity contribution in [1.29, 1.82) is 0 Å². The summed E-state index contributed by atoms with van der Waals surface area (Å²) in [5.41, 5.74) is -0.473. The van der Waals surface area contributed by atoms with Crippen LogP contribution in [0.5, 0.6) is 11.5 Å². The van der Waals surface area contributed by atoms with Gasteiger partial charge in [-0.2, -0.15) is 0 Å². The van der Waals surface area contributed by atoms with Crippen LogP contribution in [0.3, 0.4) is 0 Å². The molecule has 0 aliphatic heterocycles. The lowest BCUT2D eigenvalue weighted by Crippen LogP contribution is -2.03. The summed E-state index contributed by atoms with van der Waals surface area (Å²) in [4.78, 5) is 0. The zero-order chi connectivity index (χ0) is 9.84. The van der Waals surface area contributed by atoms with Crippen LogP contribution < -0.4 is 9.47 Å². The van der Waals surface area contributed by atoms with Crippen molar-refractivity contribution in [2.24, 2.45) is 0 Å². The summed E-state index contributed by atoms with van der Waals surface area (Å²) >= 11 is 5.61. The summed E-state index contributed by atoms with van der Waals surface area (Å²) in [5.74, 6) is 0.408. The third kappa shape index (κ3) is 2.77. The molecule has 0 saturated carbocycles. The van der Waals surface area contributed by atoms with Gasteiger partial charge in [-0.15, -0.1) is 0 Å². The van der Waals surface area contributed by atoms with Crippen LogP contribution in [0.15, 0.2) is 18.2 Å². The number of ether oxygens (including phenoxy) is 2. The summed E-state index contributed by atoms with van der Waals surface area (Å²) in [7, 11) is 1.44. The standard InChI is InChI=1S/C9H10ClFO2/c1-6(10)13-8-4-3-7(11)5-9(8)12-2/h3-6H,1-2H3. The molecule has 0 bridgehead atoms. The van der Waals surface area contributed by atoms with Gasteiger partial charge in [-0.3, -0.25) is 0 Å². The van der Waals surface area contributed by atoms with E-state index < -0.39 is 5.56 Å². The second-order valence-electron chi connectivity index (χ2n) is 2.46. The molecule has 0 aliphatic carbocycles. The zero-order valence-corrected chi connectivity index (χ0v) is 8.14. The largest absolute Gasteiger partial charge is 0.493 e. The minimum Gasteiger partial charge on any atom is -0.493 e. The number of rotatable bonds is 3. The number of hydrogen-bond donors (Lipinski definition) is 0. The number of methoxy groups -OCH3 is 1. The maximum atomic E-state index is 12.7. The topological polar surface area (TPSA) is 18.5 Å². The molecule has 13 heavy (non-hydrogen) atoms. The van der Waals surface area contributed by atoms with Gasteiger partial charge in [0.1, 0.15) is 5.82 Å². The summed E-state index contributed by atoms with van der Waals surface area (Å²) in [6.45, 7) is 1.67. The molecule has 1 unspecified atom stereocenters. The molecule has 0 N–H and O–H groups in total. The second-order valence-corrected chi connectivity index (χ2v) is 3.07. The quantitative estimate of drug-likeness (QED) is 0.705. The predicted octanol–water partition coefficient (Wildman–Crippen LogP) is 2.80. The average molecular weight is 205 g/mol. The van der Waals surface area contributed by atoms with E-state index in [1.54, 1.807) is 6.92 Å². The fourth-order valence-corrected chi connectivity index (χ4v) is 1.01. The molecule has 0 amide bonds. The van der Waals surface area contributed by atoms with Crippen molar-refractivity contribution < 1.29 is 13.9 Å². The number of alkyl halides is 1. The molecule has 2 nitrogen and oxygen atoms in total. The van der Waals surface area contributed by atoms with Crippen LogP contribution in [-0.2, 0) is 0 Å². The first kappa shape index (κ1) is 10.1. The van der Waals surface area contributed by atoms with E-state index in [1.807, 2.05) is 0 Å². The van der Waals surface area contributed by atoms with E-state index in [4.69, 9.17) is 21.1 Å². The zero-order valence-electron chi connectivity index (χ0n) is 7.38. The highest BCUT2D eigenvalue weighted by molar-refractivity contribution is 6.19. The van der Waals surface area contributed by atoms with Gasteiger partial charge in [0.05, 0.1) is 7.11 Å². The van der Waals surface area contributed by atoms with E-state index >= 15 is 0 Å². The Morgan fingerprint density at radius 3 is 2.62 bits per heavy atom. The molecule has 4 heteroatoms. The monoisotopic (exact) mass is 204 g/mol. The van der Waals surface area contributed by atoms with Crippen LogP contribution in [0.25, 0.3) is 0 Å². The summed E-state index contributed by atoms with van der Waals surface area (Å²) < 4.78 is 22.8. The van der Waals surface area contributed by atoms with Crippen LogP contribution in [0.1, 0.15) is 6.92 Å². The predicted molar refractivity (Wildman–Crippen MR) is 48.9 cm³/mol. The molecule has 1 rings (SSSR count). The highest BCUT2D eigenvalue weighted by atomic mass is 35.5. The van der Waals surface area contributed by atoms with E-state index in [-0.39, 0.29) is 5.82 Å². The van der Waals surface area contributed by atoms with Crippen LogP contribution in [0, 0.1) is 5.82 Å². The van der Waals surface area contributed by atoms with E-state index in [2.05, 4.69) is 0 Å². The van der Waals surface area contributed by atoms with Gasteiger partial charge in [-0.1, -0.05) is 11.6 Å². The molecule has 1 atom stereocenters. The lowest BCUT2D eigenvalue weighted by molar-refractivity contribution is 0.279. The van der Waals surface area contributed by atoms with E-state index in [0.29, 0.717) is 11.5 Å². The van der Waals surface area contributed by atoms with Gasteiger partial charge in [0.2, 0.25) is 0 Å². The van der Waals surface area contributed by atoms with Gasteiger partial charge in [0.25, 0.3) is 0 Å². The second kappa shape index (κ2) is 4.33. The number of hydrogen-bond acceptors (Lipinski definition) is 2. The molecular weight excluding hydrogens is 195 g/mol. The first-order valence-electron chi connectivity index (χ1n) is 3.77. The number of halogens is 2. The molecule has 0 heterocycles. The molecule has 0 aliphatic rings. The Bertz CT molecular complexity index is 289. The van der Waals surface area contributed by atoms with Crippen LogP contribution in [0.4, 0.5) is 4.39 Å². The van der Waals surface area contributed by atoms with Crippen molar-refractivity contribution in [1.82, 2.24) is 0 Å². The Morgan fingerprint density at radius 1 is 1.38 bits per heavy atom. The Hall–Kier alpha value is -0.960. The Morgan fingerprint density at radius 2 is 2.08 bits per heavy atom. The molecule has 0 aromatic heterocycles. The van der Waals surface area contributed by atoms with E-state index in [0.717, 1.165) is 0 Å². The highest BCUT2D eigenvalue weighted by Gasteiger charge is 2.07. The van der Waals surface area contributed by atoms with Gasteiger partial charge in [0.15, 0.2) is 17.1 Å². The fourth-order valence-electron chi connectivity index (χ4n) is 0.914. The van der Waals surface area contributed by atoms with Crippen molar-refractivity contribution in [2.75, 3.05) is 7.11 Å². The van der Waals surface area contributed by atoms with Gasteiger partial charge in [-0.05, 0) is 19.1 Å². The lowest BCUT2D eigenvalue weighted by atomic mass is 10.3. The highest BCUT2D eigenvalue weighted by Crippen LogP contribution is 2.28. The normalized spacial score (nSPS) is 12.3. The fraction of sp³-hybridized carbons (Fsp3) is 0.333. The third-order valence-corrected chi connectivity index (χ3v) is 1.50. The number of benzene rings is 1. The summed E-state index contributed by atoms with van der Waals surface area (Å²) in [6, 6.07) is 4.01. The summed E-state index contributed by atoms with van der Waals surface area (Å²) in [5, 5.41) is 0. The molecule has 0 fully saturated rings. The first-order chi connectivity index (χ1) is 6.13. The van der Waals surface area contributed by atoms with Crippen LogP contribution >= 0.6 is 11.6 Å². The Labute approximate surface area is 81.2 Å². The average Bonchev–Trinajstić information content (AvgIpc) is 2.07. The van der Waals surface area contributed by atoms with E-state index in [9.17, 15) is 4.39 Å². The molecule has 0 saturated heterocycles. The molecule has 0 spiro atoms. The Kier molecular flexibility index (Phi) is 3.37. The molecule has 0 radical (unpaired) electrons. The van der Waals surface area contributed by atoms with Gasteiger partial charge in [-0.25, -0.2) is 4.39 Å². The SMILES string of the molecule is COc1cc(F)ccc1OC(C)Cl. The minimum atomic E-state index is -0.473. The molecule has 1 aromatic rings. The summed E-state index contributed by atoms with van der Waals surface area (Å²) in [6.07, 6.45) is 0. The molecule has 72 valence electrons. The van der Waals surface area contributed by atoms with Gasteiger partial charge in [0, 0.05) is 6.07 Å². The van der Waals surface area contributed by atoms with Crippen molar-refractivity contribution in [2.45, 2.75) is 12.5 Å². The first-order valence-corrected chi connectivity index (χ1v) is 4.21. The Balaban J connectivity index is 2.92. The van der Waals surface area contributed by atoms with Crippen molar-refractivity contribution in [3.8, 4) is 11.5 Å². The van der Waals surface area contributed by atoms with Crippen LogP contribution in [0.2, 0.25) is 0 Å². The lowest BCUT2D eigenvalue weighted by Gasteiger charge is -2.11. The maximum absolute atomic E-state index is 12.7. The van der Waals surface area contributed by atoms with Crippen molar-refractivity contribution in [3.05, 3.63) is 24.0 Å². The van der Waals surface area contributed by atoms with Gasteiger partial charge < -0.3 is 9.47 Å². The maximum Gasteiger partial charge on any atom is 0.169 e. The molecule has 1 aromatic carbocycles. The third-order valence-electron chi connectivity index (χ3n) is 1.42. The van der Waals surface area contributed by atoms with Gasteiger partial charge >= 0.3 is 0 Å².